The van der Waals surface area contributed by atoms with E-state index in [1.807, 2.05) is 60.7 Å². The lowest BCUT2D eigenvalue weighted by Gasteiger charge is -2.23. The van der Waals surface area contributed by atoms with E-state index in [9.17, 15) is 9.90 Å². The van der Waals surface area contributed by atoms with E-state index < -0.39 is 0 Å². The molecule has 134 valence electrons. The predicted octanol–water partition coefficient (Wildman–Crippen LogP) is 3.99. The van der Waals surface area contributed by atoms with Gasteiger partial charge in [0.15, 0.2) is 0 Å². The van der Waals surface area contributed by atoms with E-state index in [-0.39, 0.29) is 18.4 Å². The number of aromatic nitrogens is 1. The van der Waals surface area contributed by atoms with Gasteiger partial charge < -0.3 is 10.0 Å². The maximum atomic E-state index is 13.3. The monoisotopic (exact) mass is 348 g/mol. The third-order valence-electron chi connectivity index (χ3n) is 4.43. The van der Waals surface area contributed by atoms with Crippen LogP contribution in [0.5, 0.6) is 0 Å². The summed E-state index contributed by atoms with van der Waals surface area (Å²) in [6.45, 7) is 4.83. The number of benzene rings is 2. The Morgan fingerprint density at radius 2 is 1.77 bits per heavy atom. The summed E-state index contributed by atoms with van der Waals surface area (Å²) in [4.78, 5) is 19.7. The van der Waals surface area contributed by atoms with Gasteiger partial charge in [-0.05, 0) is 23.6 Å². The maximum absolute atomic E-state index is 13.3. The summed E-state index contributed by atoms with van der Waals surface area (Å²) in [5, 5.41) is 10.3. The quantitative estimate of drug-likeness (QED) is 0.733. The summed E-state index contributed by atoms with van der Waals surface area (Å²) < 4.78 is 0. The van der Waals surface area contributed by atoms with Gasteiger partial charge in [0.2, 0.25) is 0 Å². The zero-order valence-electron chi connectivity index (χ0n) is 15.2. The summed E-state index contributed by atoms with van der Waals surface area (Å²) in [6.07, 6.45) is 0. The number of carbonyl (C=O) groups excluding carboxylic acids is 1. The second-order valence-electron chi connectivity index (χ2n) is 6.70. The number of nitrogens with zero attached hydrogens (tertiary/aromatic N) is 2. The van der Waals surface area contributed by atoms with Crippen molar-refractivity contribution in [3.63, 3.8) is 0 Å². The fourth-order valence-corrected chi connectivity index (χ4v) is 3.02. The fraction of sp³-hybridized carbons (Fsp3) is 0.273. The molecule has 0 atom stereocenters. The van der Waals surface area contributed by atoms with Crippen molar-refractivity contribution in [1.29, 1.82) is 0 Å². The van der Waals surface area contributed by atoms with Gasteiger partial charge in [-0.2, -0.15) is 0 Å². The second-order valence-corrected chi connectivity index (χ2v) is 6.70. The molecular weight excluding hydrogens is 324 g/mol. The molecule has 0 bridgehead atoms. The summed E-state index contributed by atoms with van der Waals surface area (Å²) in [5.41, 5.74) is 3.40. The first kappa shape index (κ1) is 18.1. The van der Waals surface area contributed by atoms with E-state index >= 15 is 0 Å². The van der Waals surface area contributed by atoms with E-state index in [1.54, 1.807) is 4.90 Å². The third kappa shape index (κ3) is 3.92. The van der Waals surface area contributed by atoms with E-state index in [2.05, 4.69) is 18.8 Å². The van der Waals surface area contributed by atoms with E-state index in [1.165, 1.54) is 0 Å². The van der Waals surface area contributed by atoms with Crippen LogP contribution >= 0.6 is 0 Å². The smallest absolute Gasteiger partial charge is 0.254 e. The van der Waals surface area contributed by atoms with Crippen LogP contribution in [0.4, 0.5) is 0 Å². The molecule has 0 saturated carbocycles. The Bertz CT molecular complexity index is 891. The molecule has 1 N–H and O–H groups in total. The molecule has 1 heterocycles. The fourth-order valence-electron chi connectivity index (χ4n) is 3.02. The van der Waals surface area contributed by atoms with E-state index in [4.69, 9.17) is 0 Å². The number of carbonyl (C=O) groups is 1. The number of rotatable bonds is 6. The van der Waals surface area contributed by atoms with Gasteiger partial charge in [0.05, 0.1) is 17.7 Å². The number of aliphatic hydroxyl groups is 1. The first-order valence-corrected chi connectivity index (χ1v) is 8.94. The minimum Gasteiger partial charge on any atom is -0.395 e. The first-order valence-electron chi connectivity index (χ1n) is 8.94. The Kier molecular flexibility index (Phi) is 5.64. The number of hydrogen-bond acceptors (Lipinski definition) is 3. The van der Waals surface area contributed by atoms with Crippen molar-refractivity contribution in [2.75, 3.05) is 13.2 Å². The molecule has 26 heavy (non-hydrogen) atoms. The van der Waals surface area contributed by atoms with Crippen LogP contribution in [0.1, 0.15) is 41.4 Å². The highest BCUT2D eigenvalue weighted by molar-refractivity contribution is 6.06. The van der Waals surface area contributed by atoms with Gasteiger partial charge in [0.1, 0.15) is 0 Å². The number of hydrogen-bond donors (Lipinski definition) is 1. The lowest BCUT2D eigenvalue weighted by molar-refractivity contribution is 0.0709. The molecule has 3 aromatic rings. The van der Waals surface area contributed by atoms with Gasteiger partial charge in [-0.1, -0.05) is 62.4 Å². The lowest BCUT2D eigenvalue weighted by Crippen LogP contribution is -2.33. The summed E-state index contributed by atoms with van der Waals surface area (Å²) >= 11 is 0. The van der Waals surface area contributed by atoms with Crippen molar-refractivity contribution in [2.24, 2.45) is 0 Å². The summed E-state index contributed by atoms with van der Waals surface area (Å²) in [5.74, 6) is 0.148. The van der Waals surface area contributed by atoms with E-state index in [0.717, 1.165) is 22.2 Å². The summed E-state index contributed by atoms with van der Waals surface area (Å²) in [6, 6.07) is 19.4. The van der Waals surface area contributed by atoms with Gasteiger partial charge in [0.25, 0.3) is 5.91 Å². The van der Waals surface area contributed by atoms with Crippen molar-refractivity contribution >= 4 is 16.8 Å². The lowest BCUT2D eigenvalue weighted by atomic mass is 10.0. The summed E-state index contributed by atoms with van der Waals surface area (Å²) in [7, 11) is 0. The Morgan fingerprint density at radius 3 is 2.46 bits per heavy atom. The minimum absolute atomic E-state index is 0.0708. The van der Waals surface area contributed by atoms with Crippen LogP contribution in [0.2, 0.25) is 0 Å². The topological polar surface area (TPSA) is 53.4 Å². The average Bonchev–Trinajstić information content (AvgIpc) is 2.67. The number of fused-ring (bicyclic) bond motifs is 1. The zero-order valence-corrected chi connectivity index (χ0v) is 15.2. The van der Waals surface area contributed by atoms with Gasteiger partial charge in [-0.15, -0.1) is 0 Å². The largest absolute Gasteiger partial charge is 0.395 e. The van der Waals surface area contributed by atoms with Crippen LogP contribution in [0.25, 0.3) is 10.9 Å². The van der Waals surface area contributed by atoms with Crippen molar-refractivity contribution < 1.29 is 9.90 Å². The normalized spacial score (nSPS) is 11.1. The number of amides is 1. The maximum Gasteiger partial charge on any atom is 0.254 e. The molecule has 4 heteroatoms. The highest BCUT2D eigenvalue weighted by Gasteiger charge is 2.20. The molecule has 4 nitrogen and oxygen atoms in total. The van der Waals surface area contributed by atoms with Gasteiger partial charge in [-0.25, -0.2) is 0 Å². The molecule has 3 rings (SSSR count). The molecular formula is C22H24N2O2. The van der Waals surface area contributed by atoms with Crippen LogP contribution < -0.4 is 0 Å². The van der Waals surface area contributed by atoms with Crippen LogP contribution in [0, 0.1) is 0 Å². The molecule has 0 aliphatic carbocycles. The molecule has 0 aliphatic rings. The molecule has 1 amide bonds. The van der Waals surface area contributed by atoms with Gasteiger partial charge in [-0.3, -0.25) is 9.78 Å². The number of para-hydroxylation sites is 1. The molecule has 2 aromatic carbocycles. The van der Waals surface area contributed by atoms with Crippen molar-refractivity contribution in [3.8, 4) is 0 Å². The zero-order chi connectivity index (χ0) is 18.5. The highest BCUT2D eigenvalue weighted by atomic mass is 16.3. The minimum atomic E-state index is -0.0802. The molecule has 0 radical (unpaired) electrons. The van der Waals surface area contributed by atoms with Crippen molar-refractivity contribution in [2.45, 2.75) is 26.3 Å². The van der Waals surface area contributed by atoms with Crippen LogP contribution in [-0.2, 0) is 6.54 Å². The Balaban J connectivity index is 2.03. The number of pyridine rings is 1. The standard InChI is InChI=1S/C22H24N2O2/c1-16(2)21-14-19(18-10-6-7-11-20(18)23-21)22(26)24(12-13-25)15-17-8-4-3-5-9-17/h3-11,14,16,25H,12-13,15H2,1-2H3. The van der Waals surface area contributed by atoms with Crippen LogP contribution in [0.15, 0.2) is 60.7 Å². The van der Waals surface area contributed by atoms with Crippen molar-refractivity contribution in [1.82, 2.24) is 9.88 Å². The molecule has 0 aliphatic heterocycles. The highest BCUT2D eigenvalue weighted by Crippen LogP contribution is 2.24. The Hall–Kier alpha value is -2.72. The first-order chi connectivity index (χ1) is 12.6. The molecule has 0 spiro atoms. The van der Waals surface area contributed by atoms with E-state index in [0.29, 0.717) is 18.7 Å². The van der Waals surface area contributed by atoms with Crippen LogP contribution in [-0.4, -0.2) is 34.0 Å². The predicted molar refractivity (Wildman–Crippen MR) is 104 cm³/mol. The molecule has 1 aromatic heterocycles. The van der Waals surface area contributed by atoms with Crippen LogP contribution in [0.3, 0.4) is 0 Å². The SMILES string of the molecule is CC(C)c1cc(C(=O)N(CCO)Cc2ccccc2)c2ccccc2n1. The van der Waals surface area contributed by atoms with Gasteiger partial charge in [0, 0.05) is 24.2 Å². The molecule has 0 fully saturated rings. The Labute approximate surface area is 154 Å². The molecule has 0 unspecified atom stereocenters. The Morgan fingerprint density at radius 1 is 1.08 bits per heavy atom. The third-order valence-corrected chi connectivity index (χ3v) is 4.43. The second kappa shape index (κ2) is 8.11. The average molecular weight is 348 g/mol. The molecule has 0 saturated heterocycles. The number of aliphatic hydroxyl groups excluding tert-OH is 1. The van der Waals surface area contributed by atoms with Gasteiger partial charge >= 0.3 is 0 Å². The van der Waals surface area contributed by atoms with Crippen molar-refractivity contribution in [3.05, 3.63) is 77.5 Å².